The summed E-state index contributed by atoms with van der Waals surface area (Å²) in [6, 6.07) is -0.896. The third-order valence-electron chi connectivity index (χ3n) is 1.34. The smallest absolute Gasteiger partial charge is 0.363 e. The molecule has 1 atom stereocenters. The van der Waals surface area contributed by atoms with Crippen molar-refractivity contribution in [3.8, 4) is 0 Å². The van der Waals surface area contributed by atoms with Gasteiger partial charge in [-0.1, -0.05) is 20.8 Å². The Morgan fingerprint density at radius 1 is 1.60 bits per heavy atom. The van der Waals surface area contributed by atoms with Gasteiger partial charge in [0, 0.05) is 5.41 Å². The summed E-state index contributed by atoms with van der Waals surface area (Å²) < 4.78 is 0. The van der Waals surface area contributed by atoms with E-state index in [1.54, 1.807) is 20.8 Å². The van der Waals surface area contributed by atoms with Crippen LogP contribution in [-0.4, -0.2) is 17.1 Å². The highest BCUT2D eigenvalue weighted by molar-refractivity contribution is 5.72. The van der Waals surface area contributed by atoms with Crippen molar-refractivity contribution in [1.82, 2.24) is 0 Å². The number of hydrogen-bond donors (Lipinski definition) is 2. The predicted molar refractivity (Wildman–Crippen MR) is 36.2 cm³/mol. The van der Waals surface area contributed by atoms with Crippen LogP contribution in [0.4, 0.5) is 0 Å². The predicted octanol–water partition coefficient (Wildman–Crippen LogP) is -0.453. The SMILES string of the molecule is CC(C)(C)[C@H]([NH2+][O-])C(=O)O. The lowest BCUT2D eigenvalue weighted by molar-refractivity contribution is -0.628. The molecule has 0 aliphatic rings. The van der Waals surface area contributed by atoms with Crippen LogP contribution in [-0.2, 0) is 4.79 Å². The average molecular weight is 147 g/mol. The molecule has 0 amide bonds. The molecule has 0 aromatic rings. The van der Waals surface area contributed by atoms with Crippen LogP contribution in [0.25, 0.3) is 0 Å². The first kappa shape index (κ1) is 9.39. The molecule has 3 N–H and O–H groups in total. The van der Waals surface area contributed by atoms with E-state index in [0.29, 0.717) is 5.48 Å². The van der Waals surface area contributed by atoms with Crippen LogP contribution in [0.3, 0.4) is 0 Å². The minimum Gasteiger partial charge on any atom is -0.635 e. The Kier molecular flexibility index (Phi) is 2.80. The average Bonchev–Trinajstić information content (AvgIpc) is 1.60. The van der Waals surface area contributed by atoms with E-state index < -0.39 is 17.4 Å². The Morgan fingerprint density at radius 3 is 2.00 bits per heavy atom. The Balaban J connectivity index is 4.22. The number of hydroxylamine groups is 1. The van der Waals surface area contributed by atoms with E-state index in [1.807, 2.05) is 0 Å². The fourth-order valence-electron chi connectivity index (χ4n) is 0.633. The quantitative estimate of drug-likeness (QED) is 0.519. The monoisotopic (exact) mass is 147 g/mol. The summed E-state index contributed by atoms with van der Waals surface area (Å²) in [4.78, 5) is 10.3. The number of carboxylic acids is 1. The maximum absolute atomic E-state index is 10.3. The summed E-state index contributed by atoms with van der Waals surface area (Å²) in [5, 5.41) is 18.7. The van der Waals surface area contributed by atoms with Crippen LogP contribution in [0.1, 0.15) is 20.8 Å². The number of hydrogen-bond acceptors (Lipinski definition) is 2. The summed E-state index contributed by atoms with van der Waals surface area (Å²) >= 11 is 0. The fraction of sp³-hybridized carbons (Fsp3) is 0.833. The molecule has 60 valence electrons. The number of carbonyl (C=O) groups is 1. The molecule has 0 saturated heterocycles. The van der Waals surface area contributed by atoms with E-state index in [9.17, 15) is 10.0 Å². The van der Waals surface area contributed by atoms with Gasteiger partial charge >= 0.3 is 5.97 Å². The van der Waals surface area contributed by atoms with Crippen LogP contribution < -0.4 is 5.48 Å². The number of aliphatic carboxylic acids is 1. The van der Waals surface area contributed by atoms with E-state index in [4.69, 9.17) is 5.11 Å². The van der Waals surface area contributed by atoms with E-state index >= 15 is 0 Å². The van der Waals surface area contributed by atoms with Gasteiger partial charge in [-0.15, -0.1) is 0 Å². The summed E-state index contributed by atoms with van der Waals surface area (Å²) in [7, 11) is 0. The van der Waals surface area contributed by atoms with Crippen LogP contribution in [0.2, 0.25) is 0 Å². The minimum atomic E-state index is -1.05. The number of nitrogens with two attached hydrogens (primary N) is 1. The Hall–Kier alpha value is -0.610. The summed E-state index contributed by atoms with van der Waals surface area (Å²) in [6.45, 7) is 5.17. The van der Waals surface area contributed by atoms with Crippen molar-refractivity contribution in [2.24, 2.45) is 5.41 Å². The zero-order chi connectivity index (χ0) is 8.36. The molecule has 0 aliphatic carbocycles. The van der Waals surface area contributed by atoms with Crippen LogP contribution in [0.5, 0.6) is 0 Å². The maximum Gasteiger partial charge on any atom is 0.363 e. The van der Waals surface area contributed by atoms with Gasteiger partial charge in [-0.3, -0.25) is 0 Å². The lowest BCUT2D eigenvalue weighted by atomic mass is 9.87. The molecular formula is C6H13NO3. The van der Waals surface area contributed by atoms with E-state index in [2.05, 4.69) is 0 Å². The van der Waals surface area contributed by atoms with Crippen molar-refractivity contribution >= 4 is 5.97 Å². The van der Waals surface area contributed by atoms with Gasteiger partial charge in [0.15, 0.2) is 6.04 Å². The second-order valence-corrected chi connectivity index (χ2v) is 3.32. The molecule has 4 heteroatoms. The highest BCUT2D eigenvalue weighted by Crippen LogP contribution is 2.15. The minimum absolute atomic E-state index is 0.475. The molecule has 0 fully saturated rings. The third kappa shape index (κ3) is 2.33. The Bertz CT molecular complexity index is 127. The normalized spacial score (nSPS) is 14.8. The second kappa shape index (κ2) is 2.98. The third-order valence-corrected chi connectivity index (χ3v) is 1.34. The summed E-state index contributed by atoms with van der Waals surface area (Å²) in [5.41, 5.74) is -0.00405. The van der Waals surface area contributed by atoms with E-state index in [0.717, 1.165) is 0 Å². The largest absolute Gasteiger partial charge is 0.635 e. The van der Waals surface area contributed by atoms with Gasteiger partial charge in [-0.05, 0) is 0 Å². The Labute approximate surface area is 59.8 Å². The molecule has 0 spiro atoms. The van der Waals surface area contributed by atoms with Gasteiger partial charge < -0.3 is 15.8 Å². The molecule has 0 aromatic carbocycles. The number of quaternary nitrogens is 1. The van der Waals surface area contributed by atoms with Gasteiger partial charge in [0.25, 0.3) is 0 Å². The lowest BCUT2D eigenvalue weighted by Gasteiger charge is -2.25. The molecule has 0 rings (SSSR count). The van der Waals surface area contributed by atoms with Gasteiger partial charge in [0.2, 0.25) is 0 Å². The standard InChI is InChI=1S/C6H13NO3/c1-6(2,3)4(7-10)5(8)9/h4H,7H2,1-3H3,(H,8,9)/t4-/m1/s1. The number of rotatable bonds is 2. The van der Waals surface area contributed by atoms with Gasteiger partial charge in [0.05, 0.1) is 0 Å². The first-order valence-electron chi connectivity index (χ1n) is 3.07. The zero-order valence-electron chi connectivity index (χ0n) is 6.42. The van der Waals surface area contributed by atoms with Gasteiger partial charge in [0.1, 0.15) is 0 Å². The van der Waals surface area contributed by atoms with Crippen molar-refractivity contribution in [3.63, 3.8) is 0 Å². The highest BCUT2D eigenvalue weighted by Gasteiger charge is 2.32. The highest BCUT2D eigenvalue weighted by atomic mass is 16.5. The molecule has 0 radical (unpaired) electrons. The van der Waals surface area contributed by atoms with Crippen LogP contribution in [0.15, 0.2) is 0 Å². The summed E-state index contributed by atoms with van der Waals surface area (Å²) in [5.74, 6) is -1.05. The maximum atomic E-state index is 10.3. The van der Waals surface area contributed by atoms with E-state index in [-0.39, 0.29) is 0 Å². The topological polar surface area (TPSA) is 77.0 Å². The molecule has 0 saturated carbocycles. The molecule has 0 heterocycles. The van der Waals surface area contributed by atoms with Crippen molar-refractivity contribution in [3.05, 3.63) is 5.21 Å². The fourth-order valence-corrected chi connectivity index (χ4v) is 0.633. The van der Waals surface area contributed by atoms with Crippen molar-refractivity contribution in [2.45, 2.75) is 26.8 Å². The molecule has 0 aliphatic heterocycles. The van der Waals surface area contributed by atoms with Crippen LogP contribution >= 0.6 is 0 Å². The van der Waals surface area contributed by atoms with Gasteiger partial charge in [-0.25, -0.2) is 4.79 Å². The Morgan fingerprint density at radius 2 is 2.00 bits per heavy atom. The molecule has 0 unspecified atom stereocenters. The molecule has 4 nitrogen and oxygen atoms in total. The molecule has 0 bridgehead atoms. The first-order chi connectivity index (χ1) is 4.39. The zero-order valence-corrected chi connectivity index (χ0v) is 6.42. The van der Waals surface area contributed by atoms with Crippen molar-refractivity contribution < 1.29 is 15.4 Å². The molecule has 0 aromatic heterocycles. The summed E-state index contributed by atoms with van der Waals surface area (Å²) in [6.07, 6.45) is 0. The van der Waals surface area contributed by atoms with Crippen molar-refractivity contribution in [2.75, 3.05) is 0 Å². The van der Waals surface area contributed by atoms with Crippen molar-refractivity contribution in [1.29, 1.82) is 0 Å². The molecular weight excluding hydrogens is 134 g/mol. The van der Waals surface area contributed by atoms with E-state index in [1.165, 1.54) is 0 Å². The van der Waals surface area contributed by atoms with Crippen LogP contribution in [0, 0.1) is 10.6 Å². The second-order valence-electron chi connectivity index (χ2n) is 3.32. The van der Waals surface area contributed by atoms with Gasteiger partial charge in [-0.2, -0.15) is 0 Å². The first-order valence-corrected chi connectivity index (χ1v) is 3.07. The molecule has 10 heavy (non-hydrogen) atoms. The number of carboxylic acid groups (broad SMARTS) is 1. The lowest BCUT2D eigenvalue weighted by Crippen LogP contribution is -2.89.